The van der Waals surface area contributed by atoms with Crippen molar-refractivity contribution in [2.45, 2.75) is 33.2 Å². The molecule has 0 aliphatic carbocycles. The van der Waals surface area contributed by atoms with E-state index in [0.717, 1.165) is 6.54 Å². The van der Waals surface area contributed by atoms with E-state index in [-0.39, 0.29) is 23.9 Å². The van der Waals surface area contributed by atoms with Crippen LogP contribution in [0.5, 0.6) is 0 Å². The lowest BCUT2D eigenvalue weighted by Crippen LogP contribution is -2.50. The maximum atomic E-state index is 11.7. The Balaban J connectivity index is 4.20. The molecule has 0 bridgehead atoms. The van der Waals surface area contributed by atoms with Crippen LogP contribution in [0.25, 0.3) is 0 Å². The number of hydrogen-bond donors (Lipinski definition) is 1. The van der Waals surface area contributed by atoms with E-state index in [1.165, 1.54) is 6.92 Å². The zero-order valence-electron chi connectivity index (χ0n) is 11.8. The van der Waals surface area contributed by atoms with Crippen molar-refractivity contribution in [2.24, 2.45) is 0 Å². The van der Waals surface area contributed by atoms with Gasteiger partial charge in [-0.15, -0.1) is 0 Å². The van der Waals surface area contributed by atoms with E-state index in [1.807, 2.05) is 39.8 Å². The highest BCUT2D eigenvalue weighted by molar-refractivity contribution is 5.84. The van der Waals surface area contributed by atoms with Gasteiger partial charge in [-0.3, -0.25) is 9.59 Å². The van der Waals surface area contributed by atoms with Crippen molar-refractivity contribution in [1.82, 2.24) is 15.1 Å². The Morgan fingerprint density at radius 3 is 2.06 bits per heavy atom. The van der Waals surface area contributed by atoms with Crippen LogP contribution >= 0.6 is 0 Å². The van der Waals surface area contributed by atoms with Crippen LogP contribution in [0.1, 0.15) is 27.7 Å². The van der Waals surface area contributed by atoms with Crippen molar-refractivity contribution in [3.63, 3.8) is 0 Å². The lowest BCUT2D eigenvalue weighted by Gasteiger charge is -2.34. The van der Waals surface area contributed by atoms with Gasteiger partial charge in [0.2, 0.25) is 11.8 Å². The normalized spacial score (nSPS) is 11.5. The Labute approximate surface area is 104 Å². The van der Waals surface area contributed by atoms with Crippen LogP contribution in [-0.4, -0.2) is 60.9 Å². The summed E-state index contributed by atoms with van der Waals surface area (Å²) in [5, 5.41) is 2.80. The first-order valence-electron chi connectivity index (χ1n) is 5.84. The molecule has 5 heteroatoms. The van der Waals surface area contributed by atoms with Crippen LogP contribution in [0.15, 0.2) is 0 Å². The molecule has 0 fully saturated rings. The predicted molar refractivity (Wildman–Crippen MR) is 68.7 cm³/mol. The lowest BCUT2D eigenvalue weighted by atomic mass is 10.1. The van der Waals surface area contributed by atoms with E-state index in [1.54, 1.807) is 4.90 Å². The predicted octanol–water partition coefficient (Wildman–Crippen LogP) is 0.311. The molecule has 0 aliphatic heterocycles. The minimum Gasteiger partial charge on any atom is -0.353 e. The van der Waals surface area contributed by atoms with Crippen LogP contribution in [0.4, 0.5) is 0 Å². The van der Waals surface area contributed by atoms with E-state index in [2.05, 4.69) is 5.32 Å². The molecule has 100 valence electrons. The highest BCUT2D eigenvalue weighted by Crippen LogP contribution is 2.12. The smallest absolute Gasteiger partial charge is 0.239 e. The Hall–Kier alpha value is -1.10. The van der Waals surface area contributed by atoms with Gasteiger partial charge in [-0.1, -0.05) is 0 Å². The number of hydrogen-bond acceptors (Lipinski definition) is 3. The van der Waals surface area contributed by atoms with Crippen molar-refractivity contribution in [3.8, 4) is 0 Å². The van der Waals surface area contributed by atoms with Crippen LogP contribution in [0, 0.1) is 0 Å². The average molecular weight is 243 g/mol. The molecule has 0 atom stereocenters. The molecule has 17 heavy (non-hydrogen) atoms. The minimum absolute atomic E-state index is 0.0831. The summed E-state index contributed by atoms with van der Waals surface area (Å²) >= 11 is 0. The number of carbonyl (C=O) groups excluding carboxylic acids is 2. The molecule has 0 unspecified atom stereocenters. The molecular formula is C12H25N3O2. The Bertz CT molecular complexity index is 269. The first-order chi connectivity index (χ1) is 7.64. The molecular weight excluding hydrogens is 218 g/mol. The fourth-order valence-electron chi connectivity index (χ4n) is 1.44. The van der Waals surface area contributed by atoms with Crippen molar-refractivity contribution >= 4 is 11.8 Å². The second-order valence-corrected chi connectivity index (χ2v) is 5.43. The maximum absolute atomic E-state index is 11.7. The van der Waals surface area contributed by atoms with Gasteiger partial charge < -0.3 is 15.1 Å². The van der Waals surface area contributed by atoms with Crippen LogP contribution in [-0.2, 0) is 9.59 Å². The van der Waals surface area contributed by atoms with Crippen LogP contribution < -0.4 is 5.32 Å². The zero-order valence-corrected chi connectivity index (χ0v) is 11.8. The van der Waals surface area contributed by atoms with Gasteiger partial charge in [0.15, 0.2) is 0 Å². The molecule has 0 spiro atoms. The summed E-state index contributed by atoms with van der Waals surface area (Å²) in [6.07, 6.45) is 0. The molecule has 2 amide bonds. The number of amides is 2. The van der Waals surface area contributed by atoms with Gasteiger partial charge in [0.25, 0.3) is 0 Å². The molecule has 0 rings (SSSR count). The van der Waals surface area contributed by atoms with Crippen molar-refractivity contribution in [3.05, 3.63) is 0 Å². The number of nitrogens with one attached hydrogen (secondary N) is 1. The fraction of sp³-hybridized carbons (Fsp3) is 0.833. The molecule has 0 aliphatic rings. The first kappa shape index (κ1) is 15.9. The monoisotopic (exact) mass is 243 g/mol. The van der Waals surface area contributed by atoms with E-state index in [0.29, 0.717) is 6.54 Å². The number of nitrogens with zero attached hydrogens (tertiary/aromatic N) is 2. The second-order valence-electron chi connectivity index (χ2n) is 5.43. The molecule has 0 aromatic rings. The largest absolute Gasteiger partial charge is 0.353 e. The third-order valence-corrected chi connectivity index (χ3v) is 2.37. The van der Waals surface area contributed by atoms with Gasteiger partial charge >= 0.3 is 0 Å². The Morgan fingerprint density at radius 1 is 1.18 bits per heavy atom. The summed E-state index contributed by atoms with van der Waals surface area (Å²) in [5.41, 5.74) is -0.329. The lowest BCUT2D eigenvalue weighted by molar-refractivity contribution is -0.138. The number of rotatable bonds is 5. The van der Waals surface area contributed by atoms with E-state index >= 15 is 0 Å². The van der Waals surface area contributed by atoms with E-state index in [9.17, 15) is 9.59 Å². The number of carbonyl (C=O) groups is 2. The van der Waals surface area contributed by atoms with Gasteiger partial charge in [0.1, 0.15) is 6.54 Å². The van der Waals surface area contributed by atoms with E-state index < -0.39 is 0 Å². The summed E-state index contributed by atoms with van der Waals surface area (Å²) in [5.74, 6) is -0.197. The molecule has 1 N–H and O–H groups in total. The van der Waals surface area contributed by atoms with Gasteiger partial charge in [0, 0.05) is 25.6 Å². The van der Waals surface area contributed by atoms with E-state index in [4.69, 9.17) is 0 Å². The van der Waals surface area contributed by atoms with Crippen LogP contribution in [0.2, 0.25) is 0 Å². The van der Waals surface area contributed by atoms with Crippen molar-refractivity contribution < 1.29 is 9.59 Å². The van der Waals surface area contributed by atoms with Gasteiger partial charge in [-0.25, -0.2) is 0 Å². The summed E-state index contributed by atoms with van der Waals surface area (Å²) in [6.45, 7) is 8.75. The summed E-state index contributed by atoms with van der Waals surface area (Å²) in [7, 11) is 3.90. The Kier molecular flexibility index (Phi) is 6.16. The molecule has 5 nitrogen and oxygen atoms in total. The van der Waals surface area contributed by atoms with Crippen molar-refractivity contribution in [2.75, 3.05) is 33.7 Å². The standard InChI is InChI=1S/C12H25N3O2/c1-10(16)15(12(2,3)4)9-11(17)13-7-8-14(5)6/h7-9H2,1-6H3,(H,13,17). The highest BCUT2D eigenvalue weighted by atomic mass is 16.2. The quantitative estimate of drug-likeness (QED) is 0.756. The maximum Gasteiger partial charge on any atom is 0.239 e. The molecule has 0 radical (unpaired) electrons. The average Bonchev–Trinajstić information content (AvgIpc) is 2.11. The molecule has 0 saturated heterocycles. The first-order valence-corrected chi connectivity index (χ1v) is 5.84. The molecule has 0 aromatic carbocycles. The van der Waals surface area contributed by atoms with Crippen LogP contribution in [0.3, 0.4) is 0 Å². The Morgan fingerprint density at radius 2 is 1.71 bits per heavy atom. The topological polar surface area (TPSA) is 52.7 Å². The van der Waals surface area contributed by atoms with Crippen molar-refractivity contribution in [1.29, 1.82) is 0 Å². The minimum atomic E-state index is -0.329. The third kappa shape index (κ3) is 6.94. The molecule has 0 heterocycles. The molecule has 0 aromatic heterocycles. The second kappa shape index (κ2) is 6.59. The third-order valence-electron chi connectivity index (χ3n) is 2.37. The summed E-state index contributed by atoms with van der Waals surface area (Å²) in [4.78, 5) is 26.7. The summed E-state index contributed by atoms with van der Waals surface area (Å²) < 4.78 is 0. The summed E-state index contributed by atoms with van der Waals surface area (Å²) in [6, 6.07) is 0. The highest BCUT2D eigenvalue weighted by Gasteiger charge is 2.25. The van der Waals surface area contributed by atoms with Gasteiger partial charge in [-0.2, -0.15) is 0 Å². The zero-order chi connectivity index (χ0) is 13.6. The molecule has 0 saturated carbocycles. The SMILES string of the molecule is CC(=O)N(CC(=O)NCCN(C)C)C(C)(C)C. The number of likely N-dealkylation sites (N-methyl/N-ethyl adjacent to an activating group) is 1. The van der Waals surface area contributed by atoms with Gasteiger partial charge in [-0.05, 0) is 34.9 Å². The fourth-order valence-corrected chi connectivity index (χ4v) is 1.44. The van der Waals surface area contributed by atoms with Gasteiger partial charge in [0.05, 0.1) is 0 Å².